The highest BCUT2D eigenvalue weighted by molar-refractivity contribution is 7.88. The van der Waals surface area contributed by atoms with E-state index in [1.807, 2.05) is 56.3 Å². The highest BCUT2D eigenvalue weighted by atomic mass is 35.5. The summed E-state index contributed by atoms with van der Waals surface area (Å²) in [5, 5.41) is 17.2. The summed E-state index contributed by atoms with van der Waals surface area (Å²) in [4.78, 5) is 69.3. The zero-order valence-corrected chi connectivity index (χ0v) is 40.9. The van der Waals surface area contributed by atoms with Crippen molar-refractivity contribution in [2.45, 2.75) is 88.1 Å². The summed E-state index contributed by atoms with van der Waals surface area (Å²) in [7, 11) is -3.74. The average molecular weight is 1010 g/mol. The standard InChI is InChI=1S/C51H51ClN6O10S2/c1-29-5-3-8-36-35(10-11-39(45(29)36)57(28-60)40-12-14-43(61)55-49(40)64)31-16-19-56(20-17-31)50-54-37-21-30(9-13-41(37)68-50)27-70(65,66)58-24-33-15-18-51(58,2)23-38(33)53-34-7-4-6-32(22-34)48-46(52)47(42(25-59)69-48)67-26-44(62)63/h3-11,13,21-22,25,28,31,33,38,40,53H,12,14-20,23-24,26-27H2,1-2H3,(H,62,63)(H,55,61,64). The lowest BCUT2D eigenvalue weighted by atomic mass is 9.70. The Bertz CT molecular complexity index is 3200. The molecule has 0 spiro atoms. The van der Waals surface area contributed by atoms with Crippen molar-refractivity contribution >= 4 is 103 Å². The van der Waals surface area contributed by atoms with Crippen LogP contribution >= 0.6 is 22.9 Å². The van der Waals surface area contributed by atoms with Gasteiger partial charge in [0.25, 0.3) is 6.01 Å². The van der Waals surface area contributed by atoms with Gasteiger partial charge in [0, 0.05) is 48.7 Å². The number of halogens is 1. The van der Waals surface area contributed by atoms with Gasteiger partial charge in [0.05, 0.1) is 16.3 Å². The second kappa shape index (κ2) is 18.8. The molecule has 1 aliphatic carbocycles. The fourth-order valence-electron chi connectivity index (χ4n) is 11.1. The van der Waals surface area contributed by atoms with E-state index in [1.54, 1.807) is 22.5 Å². The number of thiophene rings is 1. The Labute approximate surface area is 413 Å². The number of carbonyl (C=O) groups excluding carboxylic acids is 4. The molecule has 364 valence electrons. The summed E-state index contributed by atoms with van der Waals surface area (Å²) in [6.45, 7) is 5.13. The van der Waals surface area contributed by atoms with Crippen molar-refractivity contribution in [1.82, 2.24) is 14.6 Å². The van der Waals surface area contributed by atoms with E-state index in [4.69, 9.17) is 30.8 Å². The molecule has 19 heteroatoms. The Hall–Kier alpha value is -6.34. The molecule has 1 saturated carbocycles. The molecule has 5 fully saturated rings. The summed E-state index contributed by atoms with van der Waals surface area (Å²) < 4.78 is 41.9. The molecule has 16 nitrogen and oxygen atoms in total. The minimum absolute atomic E-state index is 0.00422. The molecule has 11 rings (SSSR count). The van der Waals surface area contributed by atoms with Crippen molar-refractivity contribution in [3.8, 4) is 16.2 Å². The minimum atomic E-state index is -3.74. The molecule has 70 heavy (non-hydrogen) atoms. The molecule has 4 saturated heterocycles. The maximum absolute atomic E-state index is 14.3. The lowest BCUT2D eigenvalue weighted by Gasteiger charge is -2.55. The Kier molecular flexibility index (Phi) is 12.7. The number of oxazole rings is 1. The molecule has 2 bridgehead atoms. The number of carboxylic acids is 1. The molecular weight excluding hydrogens is 956 g/mol. The first-order chi connectivity index (χ1) is 33.6. The first-order valence-corrected chi connectivity index (χ1v) is 26.2. The number of aldehydes is 1. The van der Waals surface area contributed by atoms with Crippen LogP contribution in [0.5, 0.6) is 5.75 Å². The highest BCUT2D eigenvalue weighted by Crippen LogP contribution is 2.48. The number of sulfonamides is 1. The molecule has 6 aromatic rings. The monoisotopic (exact) mass is 1010 g/mol. The quantitative estimate of drug-likeness (QED) is 0.0654. The fraction of sp³-hybridized carbons (Fsp3) is 0.373. The third-order valence-electron chi connectivity index (χ3n) is 14.6. The van der Waals surface area contributed by atoms with E-state index < -0.39 is 40.1 Å². The van der Waals surface area contributed by atoms with Crippen molar-refractivity contribution in [3.63, 3.8) is 0 Å². The molecule has 0 radical (unpaired) electrons. The molecule has 4 aliphatic heterocycles. The van der Waals surface area contributed by atoms with Crippen LogP contribution < -0.4 is 25.2 Å². The molecule has 5 aliphatic rings. The number of amides is 3. The average Bonchev–Trinajstić information content (AvgIpc) is 3.91. The second-order valence-electron chi connectivity index (χ2n) is 19.1. The van der Waals surface area contributed by atoms with E-state index in [9.17, 15) is 32.4 Å². The van der Waals surface area contributed by atoms with Crippen LogP contribution in [0.15, 0.2) is 77.2 Å². The summed E-state index contributed by atoms with van der Waals surface area (Å²) in [5.41, 5.74) is 5.50. The van der Waals surface area contributed by atoms with Crippen molar-refractivity contribution in [3.05, 3.63) is 99.4 Å². The number of benzene rings is 4. The summed E-state index contributed by atoms with van der Waals surface area (Å²) >= 11 is 7.73. The number of hydrogen-bond donors (Lipinski definition) is 3. The molecular formula is C51H51ClN6O10S2. The van der Waals surface area contributed by atoms with E-state index in [2.05, 4.69) is 27.7 Å². The van der Waals surface area contributed by atoms with Crippen LogP contribution in [-0.4, -0.2) is 97.2 Å². The zero-order chi connectivity index (χ0) is 49.1. The number of aliphatic carboxylic acids is 1. The third kappa shape index (κ3) is 8.90. The molecule has 3 amide bonds. The van der Waals surface area contributed by atoms with Gasteiger partial charge in [0.15, 0.2) is 24.2 Å². The van der Waals surface area contributed by atoms with Crippen LogP contribution in [0, 0.1) is 12.8 Å². The predicted molar refractivity (Wildman–Crippen MR) is 267 cm³/mol. The number of aromatic nitrogens is 1. The van der Waals surface area contributed by atoms with E-state index in [1.165, 1.54) is 4.90 Å². The maximum Gasteiger partial charge on any atom is 0.341 e. The van der Waals surface area contributed by atoms with Crippen LogP contribution in [0.25, 0.3) is 32.3 Å². The van der Waals surface area contributed by atoms with Gasteiger partial charge in [0.2, 0.25) is 28.2 Å². The fourth-order valence-corrected chi connectivity index (χ4v) is 14.5. The number of carboxylic acid groups (broad SMARTS) is 1. The van der Waals surface area contributed by atoms with Gasteiger partial charge in [-0.2, -0.15) is 9.29 Å². The van der Waals surface area contributed by atoms with E-state index in [-0.39, 0.29) is 58.0 Å². The number of hydrogen-bond acceptors (Lipinski definition) is 13. The van der Waals surface area contributed by atoms with E-state index in [0.717, 1.165) is 70.2 Å². The Morgan fingerprint density at radius 2 is 1.87 bits per heavy atom. The Morgan fingerprint density at radius 3 is 2.61 bits per heavy atom. The van der Waals surface area contributed by atoms with Crippen LogP contribution in [-0.2, 0) is 35.0 Å². The maximum atomic E-state index is 14.3. The molecule has 4 unspecified atom stereocenters. The van der Waals surface area contributed by atoms with Gasteiger partial charge in [-0.15, -0.1) is 11.3 Å². The normalized spacial score (nSPS) is 22.0. The zero-order valence-electron chi connectivity index (χ0n) is 38.5. The number of nitrogens with one attached hydrogen (secondary N) is 2. The number of carbonyl (C=O) groups is 5. The lowest BCUT2D eigenvalue weighted by molar-refractivity contribution is -0.139. The second-order valence-corrected chi connectivity index (χ2v) is 22.4. The number of piperidine rings is 4. The van der Waals surface area contributed by atoms with Gasteiger partial charge in [-0.05, 0) is 122 Å². The van der Waals surface area contributed by atoms with Gasteiger partial charge in [-0.25, -0.2) is 13.2 Å². The van der Waals surface area contributed by atoms with Gasteiger partial charge in [0.1, 0.15) is 21.5 Å². The molecule has 6 heterocycles. The van der Waals surface area contributed by atoms with Gasteiger partial charge in [-0.1, -0.05) is 54.1 Å². The smallest absolute Gasteiger partial charge is 0.341 e. The molecule has 4 atom stereocenters. The predicted octanol–water partition coefficient (Wildman–Crippen LogP) is 8.28. The number of aryl methyl sites for hydroxylation is 1. The largest absolute Gasteiger partial charge is 0.479 e. The van der Waals surface area contributed by atoms with Crippen LogP contribution in [0.2, 0.25) is 5.02 Å². The number of fused-ring (bicyclic) bond motifs is 5. The van der Waals surface area contributed by atoms with Crippen LogP contribution in [0.4, 0.5) is 17.4 Å². The molecule has 4 aromatic carbocycles. The van der Waals surface area contributed by atoms with Crippen molar-refractivity contribution < 1.29 is 46.7 Å². The number of imide groups is 1. The van der Waals surface area contributed by atoms with Crippen molar-refractivity contribution in [1.29, 1.82) is 0 Å². The first-order valence-electron chi connectivity index (χ1n) is 23.4. The topological polar surface area (TPSA) is 209 Å². The molecule has 3 N–H and O–H groups in total. The summed E-state index contributed by atoms with van der Waals surface area (Å²) in [5.74, 6) is -1.86. The van der Waals surface area contributed by atoms with Gasteiger partial charge < -0.3 is 29.4 Å². The minimum Gasteiger partial charge on any atom is -0.479 e. The Morgan fingerprint density at radius 1 is 1.07 bits per heavy atom. The first kappa shape index (κ1) is 47.3. The highest BCUT2D eigenvalue weighted by Gasteiger charge is 2.52. The number of nitrogens with zero attached hydrogens (tertiary/aromatic N) is 4. The number of rotatable bonds is 15. The lowest BCUT2D eigenvalue weighted by Crippen LogP contribution is -2.64. The van der Waals surface area contributed by atoms with Crippen LogP contribution in [0.3, 0.4) is 0 Å². The van der Waals surface area contributed by atoms with Gasteiger partial charge >= 0.3 is 5.97 Å². The summed E-state index contributed by atoms with van der Waals surface area (Å²) in [6, 6.07) is 22.7. The van der Waals surface area contributed by atoms with E-state index in [0.29, 0.717) is 72.0 Å². The molecule has 2 aromatic heterocycles. The van der Waals surface area contributed by atoms with Crippen LogP contribution in [0.1, 0.15) is 84.1 Å². The van der Waals surface area contributed by atoms with E-state index >= 15 is 0 Å². The third-order valence-corrected chi connectivity index (χ3v) is 18.2. The van der Waals surface area contributed by atoms with Crippen molar-refractivity contribution in [2.75, 3.05) is 41.4 Å². The Balaban J connectivity index is 0.792. The SMILES string of the molecule is Cc1cccc2c(C3CCN(c4nc5cc(CS(=O)(=O)N6CC7CCC6(C)CC7Nc6cccc(-c7sc(C=O)c(OCC(=O)O)c7Cl)c6)ccc5o4)CC3)ccc(N(C=O)C3CCC(=O)NC3=O)c12. The summed E-state index contributed by atoms with van der Waals surface area (Å²) in [6.07, 6.45) is 5.54. The van der Waals surface area contributed by atoms with Crippen molar-refractivity contribution in [2.24, 2.45) is 5.92 Å². The number of anilines is 3. The van der Waals surface area contributed by atoms with Gasteiger partial charge in [-0.3, -0.25) is 24.5 Å². The number of ether oxygens (including phenoxy) is 1.